The zero-order valence-electron chi connectivity index (χ0n) is 14.7. The Morgan fingerprint density at radius 1 is 1.04 bits per heavy atom. The maximum atomic E-state index is 12.7. The molecular weight excluding hydrogens is 346 g/mol. The second kappa shape index (κ2) is 6.14. The monoisotopic (exact) mass is 363 g/mol. The number of aliphatic imine (C=N–C) groups is 1. The van der Waals surface area contributed by atoms with Crippen LogP contribution >= 0.6 is 11.8 Å². The molecule has 0 saturated carbocycles. The van der Waals surface area contributed by atoms with Crippen molar-refractivity contribution in [2.45, 2.75) is 13.8 Å². The summed E-state index contributed by atoms with van der Waals surface area (Å²) < 4.78 is 0. The van der Waals surface area contributed by atoms with Crippen LogP contribution in [0.5, 0.6) is 0 Å². The Balaban J connectivity index is 1.78. The number of carbonyl (C=O) groups excluding carboxylic acids is 2. The van der Waals surface area contributed by atoms with Gasteiger partial charge in [0.05, 0.1) is 21.9 Å². The average Bonchev–Trinajstić information content (AvgIpc) is 3.10. The standard InChI is InChI=1S/C20H17N3O2S/c1-11-7-6-9-14(12(11)2)21-20-22-18(24)17(26-20)16-13-8-4-5-10-15(13)23(3)19(16)25/h4-10H,1-3H3,(H,21,22,24). The fourth-order valence-corrected chi connectivity index (χ4v) is 4.02. The number of aryl methyl sites for hydroxylation is 1. The van der Waals surface area contributed by atoms with E-state index in [1.807, 2.05) is 56.3 Å². The first-order valence-electron chi connectivity index (χ1n) is 8.23. The Hall–Kier alpha value is -2.86. The van der Waals surface area contributed by atoms with Gasteiger partial charge in [0, 0.05) is 12.6 Å². The largest absolute Gasteiger partial charge is 0.311 e. The van der Waals surface area contributed by atoms with Crippen LogP contribution in [0.4, 0.5) is 11.4 Å². The number of amides is 2. The topological polar surface area (TPSA) is 61.8 Å². The van der Waals surface area contributed by atoms with E-state index in [4.69, 9.17) is 0 Å². The third kappa shape index (κ3) is 2.54. The second-order valence-electron chi connectivity index (χ2n) is 6.28. The van der Waals surface area contributed by atoms with Crippen LogP contribution in [0.2, 0.25) is 0 Å². The van der Waals surface area contributed by atoms with E-state index in [2.05, 4.69) is 10.3 Å². The summed E-state index contributed by atoms with van der Waals surface area (Å²) in [6.45, 7) is 4.03. The summed E-state index contributed by atoms with van der Waals surface area (Å²) >= 11 is 1.22. The Labute approximate surface area is 155 Å². The van der Waals surface area contributed by atoms with E-state index in [1.54, 1.807) is 11.9 Å². The molecule has 26 heavy (non-hydrogen) atoms. The molecule has 0 aliphatic carbocycles. The van der Waals surface area contributed by atoms with Gasteiger partial charge in [0.1, 0.15) is 0 Å². The lowest BCUT2D eigenvalue weighted by atomic mass is 10.1. The number of hydrogen-bond donors (Lipinski definition) is 1. The molecule has 0 atom stereocenters. The highest BCUT2D eigenvalue weighted by Crippen LogP contribution is 2.42. The summed E-state index contributed by atoms with van der Waals surface area (Å²) in [6, 6.07) is 13.4. The number of benzene rings is 2. The van der Waals surface area contributed by atoms with E-state index in [-0.39, 0.29) is 11.8 Å². The number of likely N-dealkylation sites (N-methyl/N-ethyl adjacent to an activating group) is 1. The zero-order valence-corrected chi connectivity index (χ0v) is 15.5. The van der Waals surface area contributed by atoms with Gasteiger partial charge in [-0.25, -0.2) is 4.99 Å². The number of para-hydroxylation sites is 1. The van der Waals surface area contributed by atoms with E-state index < -0.39 is 0 Å². The molecule has 0 aromatic heterocycles. The molecule has 6 heteroatoms. The third-order valence-corrected chi connectivity index (χ3v) is 5.68. The summed E-state index contributed by atoms with van der Waals surface area (Å²) in [5, 5.41) is 3.28. The number of anilines is 1. The molecule has 0 unspecified atom stereocenters. The molecule has 0 bridgehead atoms. The van der Waals surface area contributed by atoms with E-state index in [0.29, 0.717) is 15.6 Å². The highest BCUT2D eigenvalue weighted by molar-refractivity contribution is 8.18. The van der Waals surface area contributed by atoms with Gasteiger partial charge in [0.15, 0.2) is 5.17 Å². The Bertz CT molecular complexity index is 1020. The minimum atomic E-state index is -0.285. The number of nitrogens with zero attached hydrogens (tertiary/aromatic N) is 2. The van der Waals surface area contributed by atoms with Gasteiger partial charge in [0.25, 0.3) is 11.8 Å². The predicted molar refractivity (Wildman–Crippen MR) is 106 cm³/mol. The third-order valence-electron chi connectivity index (χ3n) is 4.70. The van der Waals surface area contributed by atoms with Crippen molar-refractivity contribution in [2.75, 3.05) is 11.9 Å². The molecule has 2 amide bonds. The normalized spacial score (nSPS) is 20.7. The molecule has 1 saturated heterocycles. The fraction of sp³-hybridized carbons (Fsp3) is 0.150. The van der Waals surface area contributed by atoms with E-state index in [1.165, 1.54) is 11.8 Å². The van der Waals surface area contributed by atoms with Crippen LogP contribution < -0.4 is 10.2 Å². The summed E-state index contributed by atoms with van der Waals surface area (Å²) in [7, 11) is 1.72. The van der Waals surface area contributed by atoms with Crippen LogP contribution in [-0.2, 0) is 9.59 Å². The fourth-order valence-electron chi connectivity index (χ4n) is 3.09. The second-order valence-corrected chi connectivity index (χ2v) is 7.28. The predicted octanol–water partition coefficient (Wildman–Crippen LogP) is 3.54. The quantitative estimate of drug-likeness (QED) is 0.789. The first-order valence-corrected chi connectivity index (χ1v) is 9.05. The Kier molecular flexibility index (Phi) is 3.92. The summed E-state index contributed by atoms with van der Waals surface area (Å²) in [5.41, 5.74) is 5.06. The summed E-state index contributed by atoms with van der Waals surface area (Å²) in [6.07, 6.45) is 0. The van der Waals surface area contributed by atoms with Gasteiger partial charge in [-0.15, -0.1) is 0 Å². The summed E-state index contributed by atoms with van der Waals surface area (Å²) in [4.78, 5) is 31.8. The Morgan fingerprint density at radius 2 is 1.81 bits per heavy atom. The highest BCUT2D eigenvalue weighted by atomic mass is 32.2. The molecule has 4 rings (SSSR count). The minimum Gasteiger partial charge on any atom is -0.311 e. The van der Waals surface area contributed by atoms with Crippen LogP contribution in [0.25, 0.3) is 5.57 Å². The van der Waals surface area contributed by atoms with Gasteiger partial charge in [-0.1, -0.05) is 30.3 Å². The molecule has 2 heterocycles. The van der Waals surface area contributed by atoms with Gasteiger partial charge >= 0.3 is 0 Å². The van der Waals surface area contributed by atoms with Crippen molar-refractivity contribution < 1.29 is 9.59 Å². The number of thioether (sulfide) groups is 1. The molecule has 2 aliphatic heterocycles. The SMILES string of the molecule is Cc1cccc(N=C2NC(=O)C(=C3C(=O)N(C)c4ccccc43)S2)c1C. The molecular formula is C20H17N3O2S. The lowest BCUT2D eigenvalue weighted by Crippen LogP contribution is -2.23. The number of rotatable bonds is 1. The molecule has 0 radical (unpaired) electrons. The minimum absolute atomic E-state index is 0.170. The van der Waals surface area contributed by atoms with Crippen LogP contribution in [0, 0.1) is 13.8 Å². The van der Waals surface area contributed by atoms with E-state index in [9.17, 15) is 9.59 Å². The number of amidine groups is 1. The number of fused-ring (bicyclic) bond motifs is 1. The van der Waals surface area contributed by atoms with E-state index >= 15 is 0 Å². The van der Waals surface area contributed by atoms with Crippen molar-refractivity contribution in [3.63, 3.8) is 0 Å². The molecule has 0 spiro atoms. The molecule has 2 aromatic rings. The lowest BCUT2D eigenvalue weighted by molar-refractivity contribution is -0.116. The molecule has 2 aromatic carbocycles. The average molecular weight is 363 g/mol. The van der Waals surface area contributed by atoms with Gasteiger partial charge in [-0.2, -0.15) is 0 Å². The molecule has 1 N–H and O–H groups in total. The number of nitrogens with one attached hydrogen (secondary N) is 1. The summed E-state index contributed by atoms with van der Waals surface area (Å²) in [5.74, 6) is -0.454. The number of carbonyl (C=O) groups is 2. The van der Waals surface area contributed by atoms with Crippen molar-refractivity contribution in [1.29, 1.82) is 0 Å². The first kappa shape index (κ1) is 16.6. The van der Waals surface area contributed by atoms with Crippen molar-refractivity contribution in [2.24, 2.45) is 4.99 Å². The van der Waals surface area contributed by atoms with Gasteiger partial charge in [-0.05, 0) is 48.9 Å². The highest BCUT2D eigenvalue weighted by Gasteiger charge is 2.37. The first-order chi connectivity index (χ1) is 12.5. The maximum absolute atomic E-state index is 12.7. The van der Waals surface area contributed by atoms with Gasteiger partial charge in [-0.3, -0.25) is 9.59 Å². The van der Waals surface area contributed by atoms with Crippen LogP contribution in [-0.4, -0.2) is 24.0 Å². The van der Waals surface area contributed by atoms with Crippen molar-refractivity contribution in [3.05, 3.63) is 64.1 Å². The van der Waals surface area contributed by atoms with Gasteiger partial charge in [0.2, 0.25) is 0 Å². The van der Waals surface area contributed by atoms with Gasteiger partial charge < -0.3 is 10.2 Å². The van der Waals surface area contributed by atoms with E-state index in [0.717, 1.165) is 28.1 Å². The molecule has 130 valence electrons. The van der Waals surface area contributed by atoms with Crippen LogP contribution in [0.15, 0.2) is 52.4 Å². The zero-order chi connectivity index (χ0) is 18.4. The Morgan fingerprint density at radius 3 is 2.62 bits per heavy atom. The molecule has 2 aliphatic rings. The maximum Gasteiger partial charge on any atom is 0.264 e. The molecule has 5 nitrogen and oxygen atoms in total. The van der Waals surface area contributed by atoms with Crippen molar-refractivity contribution >= 4 is 45.7 Å². The number of hydrogen-bond acceptors (Lipinski definition) is 4. The van der Waals surface area contributed by atoms with Crippen LogP contribution in [0.3, 0.4) is 0 Å². The van der Waals surface area contributed by atoms with Crippen LogP contribution in [0.1, 0.15) is 16.7 Å². The lowest BCUT2D eigenvalue weighted by Gasteiger charge is -2.08. The molecule has 1 fully saturated rings. The van der Waals surface area contributed by atoms with Crippen molar-refractivity contribution in [1.82, 2.24) is 5.32 Å². The van der Waals surface area contributed by atoms with Crippen molar-refractivity contribution in [3.8, 4) is 0 Å². The smallest absolute Gasteiger partial charge is 0.264 e.